The standard InChI is InChI=1S/C10H24N2O2.C10H24N2O.2C2H6/c1-11(2)5-6-12(3)7-10-14-9-4-8-13;1-11-7-9-12(2)8-5-3-4-6-10-13;2*1-2/h13H,4-10H2,1-3H3;11,13H,3-10H2,1-2H3;2*1-2H3. The van der Waals surface area contributed by atoms with E-state index in [1.165, 1.54) is 19.4 Å². The highest BCUT2D eigenvalue weighted by molar-refractivity contribution is 4.54. The summed E-state index contributed by atoms with van der Waals surface area (Å²) in [5.41, 5.74) is 0. The predicted molar refractivity (Wildman–Crippen MR) is 138 cm³/mol. The topological polar surface area (TPSA) is 71.4 Å². The normalized spacial score (nSPS) is 10.3. The van der Waals surface area contributed by atoms with Gasteiger partial charge in [0.25, 0.3) is 0 Å². The number of nitrogens with one attached hydrogen (secondary N) is 1. The van der Waals surface area contributed by atoms with E-state index in [-0.39, 0.29) is 6.61 Å². The van der Waals surface area contributed by atoms with Crippen molar-refractivity contribution in [2.24, 2.45) is 0 Å². The lowest BCUT2D eigenvalue weighted by Crippen LogP contribution is -2.31. The second-order valence-electron chi connectivity index (χ2n) is 7.34. The van der Waals surface area contributed by atoms with E-state index >= 15 is 0 Å². The maximum absolute atomic E-state index is 8.57. The molecule has 7 heteroatoms. The van der Waals surface area contributed by atoms with E-state index in [4.69, 9.17) is 14.9 Å². The third-order valence-electron chi connectivity index (χ3n) is 4.18. The summed E-state index contributed by atoms with van der Waals surface area (Å²) >= 11 is 0. The summed E-state index contributed by atoms with van der Waals surface area (Å²) < 4.78 is 5.34. The predicted octanol–water partition coefficient (Wildman–Crippen LogP) is 2.62. The van der Waals surface area contributed by atoms with Gasteiger partial charge >= 0.3 is 0 Å². The molecule has 3 N–H and O–H groups in total. The molecule has 0 aliphatic heterocycles. The fourth-order valence-corrected chi connectivity index (χ4v) is 2.23. The maximum Gasteiger partial charge on any atom is 0.0593 e. The number of rotatable bonds is 18. The number of unbranched alkanes of at least 4 members (excludes halogenated alkanes) is 3. The Balaban J connectivity index is -0.000000203. The van der Waals surface area contributed by atoms with Crippen LogP contribution in [0, 0.1) is 0 Å². The average molecular weight is 453 g/mol. The van der Waals surface area contributed by atoms with Gasteiger partial charge in [-0.15, -0.1) is 0 Å². The Hall–Kier alpha value is -0.280. The first-order valence-electron chi connectivity index (χ1n) is 12.4. The van der Waals surface area contributed by atoms with E-state index in [1.54, 1.807) is 0 Å². The molecule has 0 saturated heterocycles. The highest BCUT2D eigenvalue weighted by Crippen LogP contribution is 1.99. The van der Waals surface area contributed by atoms with Gasteiger partial charge < -0.3 is 35.0 Å². The molecule has 0 bridgehead atoms. The lowest BCUT2D eigenvalue weighted by molar-refractivity contribution is 0.0964. The number of hydrogen-bond acceptors (Lipinski definition) is 7. The molecule has 0 heterocycles. The van der Waals surface area contributed by atoms with Crippen molar-refractivity contribution < 1.29 is 14.9 Å². The molecule has 0 amide bonds. The Morgan fingerprint density at radius 3 is 1.68 bits per heavy atom. The third kappa shape index (κ3) is 44.2. The van der Waals surface area contributed by atoms with E-state index in [2.05, 4.69) is 48.2 Å². The van der Waals surface area contributed by atoms with Crippen molar-refractivity contribution in [1.29, 1.82) is 0 Å². The van der Waals surface area contributed by atoms with Gasteiger partial charge in [0.2, 0.25) is 0 Å². The molecule has 0 aromatic rings. The van der Waals surface area contributed by atoms with Crippen LogP contribution in [-0.2, 0) is 4.74 Å². The van der Waals surface area contributed by atoms with Crippen molar-refractivity contribution in [1.82, 2.24) is 20.0 Å². The number of likely N-dealkylation sites (N-methyl/N-ethyl adjacent to an activating group) is 4. The van der Waals surface area contributed by atoms with Gasteiger partial charge in [0.15, 0.2) is 0 Å². The minimum atomic E-state index is 0.219. The lowest BCUT2D eigenvalue weighted by atomic mass is 10.2. The van der Waals surface area contributed by atoms with Gasteiger partial charge in [0.1, 0.15) is 0 Å². The first-order chi connectivity index (χ1) is 15.0. The molecule has 0 aliphatic carbocycles. The summed E-state index contributed by atoms with van der Waals surface area (Å²) in [7, 11) is 10.4. The van der Waals surface area contributed by atoms with Crippen molar-refractivity contribution in [2.45, 2.75) is 59.8 Å². The maximum atomic E-state index is 8.57. The number of aliphatic hydroxyl groups is 2. The largest absolute Gasteiger partial charge is 0.396 e. The molecule has 0 rings (SSSR count). The second kappa shape index (κ2) is 37.1. The van der Waals surface area contributed by atoms with E-state index < -0.39 is 0 Å². The third-order valence-corrected chi connectivity index (χ3v) is 4.18. The van der Waals surface area contributed by atoms with Gasteiger partial charge in [-0.2, -0.15) is 0 Å². The molecule has 0 radical (unpaired) electrons. The second-order valence-corrected chi connectivity index (χ2v) is 7.34. The van der Waals surface area contributed by atoms with E-state index in [0.717, 1.165) is 58.6 Å². The molecule has 0 aromatic heterocycles. The fourth-order valence-electron chi connectivity index (χ4n) is 2.23. The van der Waals surface area contributed by atoms with E-state index in [1.807, 2.05) is 34.7 Å². The number of hydrogen-bond donors (Lipinski definition) is 3. The Morgan fingerprint density at radius 2 is 1.16 bits per heavy atom. The molecule has 194 valence electrons. The van der Waals surface area contributed by atoms with Gasteiger partial charge in [-0.05, 0) is 61.0 Å². The summed E-state index contributed by atoms with van der Waals surface area (Å²) in [6.07, 6.45) is 5.35. The van der Waals surface area contributed by atoms with Crippen molar-refractivity contribution in [3.63, 3.8) is 0 Å². The van der Waals surface area contributed by atoms with Crippen LogP contribution in [0.1, 0.15) is 59.8 Å². The van der Waals surface area contributed by atoms with Gasteiger partial charge in [0.05, 0.1) is 6.61 Å². The number of nitrogens with zero attached hydrogens (tertiary/aromatic N) is 3. The smallest absolute Gasteiger partial charge is 0.0593 e. The minimum Gasteiger partial charge on any atom is -0.396 e. The van der Waals surface area contributed by atoms with Crippen molar-refractivity contribution >= 4 is 0 Å². The molecule has 31 heavy (non-hydrogen) atoms. The van der Waals surface area contributed by atoms with Gasteiger partial charge in [0, 0.05) is 52.5 Å². The Kier molecular flexibility index (Phi) is 45.4. The zero-order valence-electron chi connectivity index (χ0n) is 22.8. The fraction of sp³-hybridized carbons (Fsp3) is 1.00. The van der Waals surface area contributed by atoms with Gasteiger partial charge in [-0.25, -0.2) is 0 Å². The van der Waals surface area contributed by atoms with Gasteiger partial charge in [-0.3, -0.25) is 0 Å². The van der Waals surface area contributed by atoms with Crippen molar-refractivity contribution in [2.75, 3.05) is 101 Å². The average Bonchev–Trinajstić information content (AvgIpc) is 2.79. The van der Waals surface area contributed by atoms with Crippen LogP contribution < -0.4 is 5.32 Å². The quantitative estimate of drug-likeness (QED) is 0.276. The molecule has 0 spiro atoms. The SMILES string of the molecule is CC.CC.CN(C)CCN(C)CCOCCCO.CNCCN(C)CCCCCCO. The molecule has 0 atom stereocenters. The minimum absolute atomic E-state index is 0.219. The monoisotopic (exact) mass is 452 g/mol. The zero-order valence-corrected chi connectivity index (χ0v) is 22.8. The summed E-state index contributed by atoms with van der Waals surface area (Å²) in [6.45, 7) is 16.4. The summed E-state index contributed by atoms with van der Waals surface area (Å²) in [5, 5.41) is 20.2. The van der Waals surface area contributed by atoms with Crippen LogP contribution in [0.4, 0.5) is 0 Å². The Bertz CT molecular complexity index is 273. The summed E-state index contributed by atoms with van der Waals surface area (Å²) in [6, 6.07) is 0. The summed E-state index contributed by atoms with van der Waals surface area (Å²) in [5.74, 6) is 0. The first-order valence-corrected chi connectivity index (χ1v) is 12.4. The van der Waals surface area contributed by atoms with Crippen LogP contribution in [0.15, 0.2) is 0 Å². The van der Waals surface area contributed by atoms with Crippen molar-refractivity contribution in [3.05, 3.63) is 0 Å². The van der Waals surface area contributed by atoms with Crippen LogP contribution in [0.25, 0.3) is 0 Å². The molecule has 7 nitrogen and oxygen atoms in total. The van der Waals surface area contributed by atoms with Crippen LogP contribution in [-0.4, -0.2) is 126 Å². The highest BCUT2D eigenvalue weighted by Gasteiger charge is 1.98. The molecule has 0 unspecified atom stereocenters. The molecular formula is C24H60N4O3. The van der Waals surface area contributed by atoms with Crippen LogP contribution in [0.2, 0.25) is 0 Å². The Labute approximate surface area is 196 Å². The van der Waals surface area contributed by atoms with Crippen LogP contribution in [0.5, 0.6) is 0 Å². The molecule has 0 fully saturated rings. The molecule has 0 aliphatic rings. The van der Waals surface area contributed by atoms with E-state index in [9.17, 15) is 0 Å². The molecular weight excluding hydrogens is 392 g/mol. The van der Waals surface area contributed by atoms with Crippen LogP contribution >= 0.6 is 0 Å². The highest BCUT2D eigenvalue weighted by atomic mass is 16.5. The number of aliphatic hydroxyl groups excluding tert-OH is 2. The van der Waals surface area contributed by atoms with Crippen molar-refractivity contribution in [3.8, 4) is 0 Å². The zero-order chi connectivity index (χ0) is 24.8. The molecule has 0 aromatic carbocycles. The first kappa shape index (κ1) is 38.0. The van der Waals surface area contributed by atoms with Gasteiger partial charge in [-0.1, -0.05) is 40.5 Å². The number of ether oxygens (including phenoxy) is 1. The summed E-state index contributed by atoms with van der Waals surface area (Å²) in [4.78, 5) is 6.76. The van der Waals surface area contributed by atoms with Crippen LogP contribution in [0.3, 0.4) is 0 Å². The van der Waals surface area contributed by atoms with E-state index in [0.29, 0.717) is 13.2 Å². The Morgan fingerprint density at radius 1 is 0.613 bits per heavy atom. The lowest BCUT2D eigenvalue weighted by Gasteiger charge is -2.18. The molecule has 0 saturated carbocycles.